The summed E-state index contributed by atoms with van der Waals surface area (Å²) in [6.07, 6.45) is 4.76. The molecule has 0 aromatic rings. The highest BCUT2D eigenvalue weighted by molar-refractivity contribution is 5.82. The van der Waals surface area contributed by atoms with Gasteiger partial charge in [0.15, 0.2) is 0 Å². The van der Waals surface area contributed by atoms with Crippen LogP contribution in [0.1, 0.15) is 32.6 Å². The van der Waals surface area contributed by atoms with Crippen LogP contribution in [0.3, 0.4) is 0 Å². The van der Waals surface area contributed by atoms with Gasteiger partial charge in [-0.3, -0.25) is 4.79 Å². The SMILES string of the molecule is C[C@H]1OCCN[C@@H]1C(=O)NCC1(C2CCOCC2)CC1. The van der Waals surface area contributed by atoms with Gasteiger partial charge in [0.1, 0.15) is 6.04 Å². The molecule has 0 bridgehead atoms. The van der Waals surface area contributed by atoms with E-state index in [4.69, 9.17) is 9.47 Å². The summed E-state index contributed by atoms with van der Waals surface area (Å²) >= 11 is 0. The molecule has 3 rings (SSSR count). The molecule has 2 aliphatic heterocycles. The molecule has 114 valence electrons. The van der Waals surface area contributed by atoms with Crippen LogP contribution in [-0.4, -0.2) is 51.0 Å². The molecule has 2 heterocycles. The smallest absolute Gasteiger partial charge is 0.239 e. The first-order chi connectivity index (χ1) is 9.71. The van der Waals surface area contributed by atoms with Gasteiger partial charge < -0.3 is 20.1 Å². The summed E-state index contributed by atoms with van der Waals surface area (Å²) < 4.78 is 11.0. The van der Waals surface area contributed by atoms with E-state index in [1.165, 1.54) is 12.8 Å². The average Bonchev–Trinajstić information content (AvgIpc) is 3.27. The van der Waals surface area contributed by atoms with E-state index in [-0.39, 0.29) is 18.1 Å². The van der Waals surface area contributed by atoms with Gasteiger partial charge in [-0.05, 0) is 43.9 Å². The molecule has 3 fully saturated rings. The van der Waals surface area contributed by atoms with Crippen molar-refractivity contribution >= 4 is 5.91 Å². The molecule has 2 atom stereocenters. The van der Waals surface area contributed by atoms with Crippen LogP contribution >= 0.6 is 0 Å². The molecule has 3 aliphatic rings. The van der Waals surface area contributed by atoms with E-state index in [9.17, 15) is 4.79 Å². The van der Waals surface area contributed by atoms with E-state index in [2.05, 4.69) is 10.6 Å². The average molecular weight is 282 g/mol. The first-order valence-electron chi connectivity index (χ1n) is 7.92. The quantitative estimate of drug-likeness (QED) is 0.796. The Morgan fingerprint density at radius 3 is 2.70 bits per heavy atom. The van der Waals surface area contributed by atoms with E-state index < -0.39 is 0 Å². The third-order valence-electron chi connectivity index (χ3n) is 5.19. The monoisotopic (exact) mass is 282 g/mol. The van der Waals surface area contributed by atoms with Crippen LogP contribution in [-0.2, 0) is 14.3 Å². The Labute approximate surface area is 120 Å². The largest absolute Gasteiger partial charge is 0.381 e. The maximum Gasteiger partial charge on any atom is 0.239 e. The molecule has 0 aromatic carbocycles. The van der Waals surface area contributed by atoms with E-state index in [1.54, 1.807) is 0 Å². The maximum absolute atomic E-state index is 12.3. The molecule has 0 radical (unpaired) electrons. The van der Waals surface area contributed by atoms with Crippen LogP contribution in [0.15, 0.2) is 0 Å². The van der Waals surface area contributed by atoms with Gasteiger partial charge >= 0.3 is 0 Å². The molecule has 1 amide bonds. The predicted molar refractivity (Wildman–Crippen MR) is 75.4 cm³/mol. The van der Waals surface area contributed by atoms with Crippen molar-refractivity contribution in [1.82, 2.24) is 10.6 Å². The number of rotatable bonds is 4. The molecule has 5 heteroatoms. The van der Waals surface area contributed by atoms with Crippen molar-refractivity contribution in [2.24, 2.45) is 11.3 Å². The van der Waals surface area contributed by atoms with Crippen LogP contribution < -0.4 is 10.6 Å². The zero-order chi connectivity index (χ0) is 14.0. The highest BCUT2D eigenvalue weighted by atomic mass is 16.5. The maximum atomic E-state index is 12.3. The molecule has 1 saturated carbocycles. The molecule has 0 spiro atoms. The van der Waals surface area contributed by atoms with Gasteiger partial charge in [0, 0.05) is 26.3 Å². The molecular weight excluding hydrogens is 256 g/mol. The van der Waals surface area contributed by atoms with E-state index in [0.717, 1.165) is 45.1 Å². The van der Waals surface area contributed by atoms with Crippen LogP contribution in [0, 0.1) is 11.3 Å². The number of nitrogens with one attached hydrogen (secondary N) is 2. The number of carbonyl (C=O) groups excluding carboxylic acids is 1. The Balaban J connectivity index is 1.49. The number of morpholine rings is 1. The van der Waals surface area contributed by atoms with Crippen molar-refractivity contribution in [2.75, 3.05) is 32.9 Å². The Bertz CT molecular complexity index is 351. The minimum atomic E-state index is -0.200. The topological polar surface area (TPSA) is 59.6 Å². The Hall–Kier alpha value is -0.650. The second kappa shape index (κ2) is 6.00. The van der Waals surface area contributed by atoms with E-state index >= 15 is 0 Å². The molecular formula is C15H26N2O3. The van der Waals surface area contributed by atoms with Gasteiger partial charge in [0.2, 0.25) is 5.91 Å². The molecule has 2 saturated heterocycles. The fourth-order valence-corrected chi connectivity index (χ4v) is 3.60. The third kappa shape index (κ3) is 3.00. The standard InChI is InChI=1S/C15H26N2O3/c1-11-13(16-6-9-20-11)14(18)17-10-15(4-5-15)12-2-7-19-8-3-12/h11-13,16H,2-10H2,1H3,(H,17,18)/t11-,13+/m1/s1. The zero-order valence-corrected chi connectivity index (χ0v) is 12.3. The minimum Gasteiger partial charge on any atom is -0.381 e. The molecule has 0 unspecified atom stereocenters. The summed E-state index contributed by atoms with van der Waals surface area (Å²) in [7, 11) is 0. The summed E-state index contributed by atoms with van der Waals surface area (Å²) in [5.41, 5.74) is 0.359. The lowest BCUT2D eigenvalue weighted by atomic mass is 9.83. The van der Waals surface area contributed by atoms with Gasteiger partial charge in [-0.15, -0.1) is 0 Å². The van der Waals surface area contributed by atoms with Crippen molar-refractivity contribution < 1.29 is 14.3 Å². The fraction of sp³-hybridized carbons (Fsp3) is 0.933. The van der Waals surface area contributed by atoms with Crippen LogP contribution in [0.5, 0.6) is 0 Å². The second-order valence-electron chi connectivity index (χ2n) is 6.47. The lowest BCUT2D eigenvalue weighted by Crippen LogP contribution is -2.56. The summed E-state index contributed by atoms with van der Waals surface area (Å²) in [5.74, 6) is 0.820. The van der Waals surface area contributed by atoms with Gasteiger partial charge in [-0.2, -0.15) is 0 Å². The Morgan fingerprint density at radius 1 is 1.30 bits per heavy atom. The first kappa shape index (κ1) is 14.3. The van der Waals surface area contributed by atoms with Gasteiger partial charge in [-0.25, -0.2) is 0 Å². The van der Waals surface area contributed by atoms with E-state index in [1.807, 2.05) is 6.92 Å². The summed E-state index contributed by atoms with van der Waals surface area (Å²) in [4.78, 5) is 12.3. The Morgan fingerprint density at radius 2 is 2.05 bits per heavy atom. The van der Waals surface area contributed by atoms with Crippen LogP contribution in [0.4, 0.5) is 0 Å². The van der Waals surface area contributed by atoms with Gasteiger partial charge in [0.25, 0.3) is 0 Å². The Kier molecular flexibility index (Phi) is 4.29. The van der Waals surface area contributed by atoms with Crippen molar-refractivity contribution in [3.63, 3.8) is 0 Å². The second-order valence-corrected chi connectivity index (χ2v) is 6.47. The predicted octanol–water partition coefficient (Wildman–Crippen LogP) is 0.686. The third-order valence-corrected chi connectivity index (χ3v) is 5.19. The van der Waals surface area contributed by atoms with Crippen LogP contribution in [0.2, 0.25) is 0 Å². The zero-order valence-electron chi connectivity index (χ0n) is 12.3. The summed E-state index contributed by atoms with van der Waals surface area (Å²) in [6, 6.07) is -0.200. The van der Waals surface area contributed by atoms with E-state index in [0.29, 0.717) is 12.0 Å². The number of ether oxygens (including phenoxy) is 2. The number of hydrogen-bond donors (Lipinski definition) is 2. The lowest BCUT2D eigenvalue weighted by Gasteiger charge is -2.33. The summed E-state index contributed by atoms with van der Waals surface area (Å²) in [5, 5.41) is 6.41. The number of amides is 1. The highest BCUT2D eigenvalue weighted by Crippen LogP contribution is 2.54. The van der Waals surface area contributed by atoms with Crippen molar-refractivity contribution in [3.05, 3.63) is 0 Å². The molecule has 5 nitrogen and oxygen atoms in total. The molecule has 2 N–H and O–H groups in total. The normalized spacial score (nSPS) is 33.6. The number of hydrogen-bond acceptors (Lipinski definition) is 4. The van der Waals surface area contributed by atoms with Crippen molar-refractivity contribution in [3.8, 4) is 0 Å². The van der Waals surface area contributed by atoms with Crippen molar-refractivity contribution in [1.29, 1.82) is 0 Å². The van der Waals surface area contributed by atoms with Gasteiger partial charge in [0.05, 0.1) is 12.7 Å². The van der Waals surface area contributed by atoms with Crippen molar-refractivity contribution in [2.45, 2.75) is 44.8 Å². The summed E-state index contributed by atoms with van der Waals surface area (Å²) in [6.45, 7) is 6.00. The fourth-order valence-electron chi connectivity index (χ4n) is 3.60. The van der Waals surface area contributed by atoms with Crippen LogP contribution in [0.25, 0.3) is 0 Å². The highest BCUT2D eigenvalue weighted by Gasteiger charge is 2.49. The minimum absolute atomic E-state index is 0.0398. The molecule has 1 aliphatic carbocycles. The molecule has 0 aromatic heterocycles. The number of carbonyl (C=O) groups is 1. The lowest BCUT2D eigenvalue weighted by molar-refractivity contribution is -0.129. The van der Waals surface area contributed by atoms with Gasteiger partial charge in [-0.1, -0.05) is 0 Å². The molecule has 20 heavy (non-hydrogen) atoms. The first-order valence-corrected chi connectivity index (χ1v) is 7.92.